The molecule has 0 radical (unpaired) electrons. The number of hydrogen-bond acceptors (Lipinski definition) is 4. The number of rotatable bonds is 5. The van der Waals surface area contributed by atoms with Crippen molar-refractivity contribution in [2.24, 2.45) is 0 Å². The van der Waals surface area contributed by atoms with Crippen LogP contribution in [-0.2, 0) is 6.18 Å². The Bertz CT molecular complexity index is 1050. The van der Waals surface area contributed by atoms with E-state index in [0.717, 1.165) is 12.1 Å². The average Bonchev–Trinajstić information content (AvgIpc) is 2.66. The fraction of sp³-hybridized carbons (Fsp3) is 0.200. The smallest absolute Gasteiger partial charge is 0.417 e. The second kappa shape index (κ2) is 7.38. The van der Waals surface area contributed by atoms with E-state index in [1.54, 1.807) is 6.92 Å². The number of carbonyl (C=O) groups is 1. The Morgan fingerprint density at radius 1 is 1.14 bits per heavy atom. The Labute approximate surface area is 158 Å². The zero-order chi connectivity index (χ0) is 20.5. The van der Waals surface area contributed by atoms with Crippen molar-refractivity contribution in [2.45, 2.75) is 13.1 Å². The molecule has 0 aliphatic heterocycles. The number of aromatic carboxylic acids is 1. The lowest BCUT2D eigenvalue weighted by Crippen LogP contribution is -2.08. The predicted octanol–water partition coefficient (Wildman–Crippen LogP) is 5.03. The quantitative estimate of drug-likeness (QED) is 0.661. The molecule has 0 bridgehead atoms. The summed E-state index contributed by atoms with van der Waals surface area (Å²) in [5, 5.41) is 9.85. The third kappa shape index (κ3) is 3.58. The molecule has 0 unspecified atom stereocenters. The Morgan fingerprint density at radius 2 is 1.86 bits per heavy atom. The zero-order valence-corrected chi connectivity index (χ0v) is 15.0. The van der Waals surface area contributed by atoms with Gasteiger partial charge in [-0.15, -0.1) is 0 Å². The van der Waals surface area contributed by atoms with Crippen LogP contribution < -0.4 is 9.47 Å². The first-order valence-corrected chi connectivity index (χ1v) is 8.31. The van der Waals surface area contributed by atoms with Gasteiger partial charge in [0.2, 0.25) is 0 Å². The van der Waals surface area contributed by atoms with Gasteiger partial charge in [0, 0.05) is 17.0 Å². The number of hydrogen-bond donors (Lipinski definition) is 1. The Kier molecular flexibility index (Phi) is 5.13. The van der Waals surface area contributed by atoms with Crippen molar-refractivity contribution >= 4 is 16.9 Å². The SMILES string of the molecule is CCOc1cc2c(C(=O)O)cc(-c3ccccc3C(F)(F)F)nc2cc1OC. The van der Waals surface area contributed by atoms with E-state index in [1.165, 1.54) is 37.4 Å². The number of halogens is 3. The predicted molar refractivity (Wildman–Crippen MR) is 96.9 cm³/mol. The molecule has 0 amide bonds. The van der Waals surface area contributed by atoms with Gasteiger partial charge in [-0.25, -0.2) is 9.78 Å². The van der Waals surface area contributed by atoms with E-state index in [1.807, 2.05) is 0 Å². The lowest BCUT2D eigenvalue weighted by Gasteiger charge is -2.15. The van der Waals surface area contributed by atoms with Crippen LogP contribution in [0.2, 0.25) is 0 Å². The van der Waals surface area contributed by atoms with Crippen LogP contribution in [-0.4, -0.2) is 29.8 Å². The molecule has 0 saturated carbocycles. The third-order valence-electron chi connectivity index (χ3n) is 4.13. The molecule has 2 aromatic carbocycles. The maximum absolute atomic E-state index is 13.4. The molecular formula is C20H16F3NO4. The highest BCUT2D eigenvalue weighted by atomic mass is 19.4. The molecule has 5 nitrogen and oxygen atoms in total. The molecular weight excluding hydrogens is 375 g/mol. The van der Waals surface area contributed by atoms with Crippen LogP contribution in [0.4, 0.5) is 13.2 Å². The summed E-state index contributed by atoms with van der Waals surface area (Å²) in [6.45, 7) is 2.09. The van der Waals surface area contributed by atoms with E-state index < -0.39 is 17.7 Å². The van der Waals surface area contributed by atoms with Crippen LogP contribution in [0.25, 0.3) is 22.2 Å². The number of alkyl halides is 3. The average molecular weight is 391 g/mol. The molecule has 3 rings (SSSR count). The van der Waals surface area contributed by atoms with Crippen LogP contribution in [0.3, 0.4) is 0 Å². The molecule has 0 aliphatic rings. The van der Waals surface area contributed by atoms with E-state index in [0.29, 0.717) is 18.1 Å². The third-order valence-corrected chi connectivity index (χ3v) is 4.13. The largest absolute Gasteiger partial charge is 0.493 e. The number of carboxylic acids is 1. The van der Waals surface area contributed by atoms with Crippen LogP contribution in [0.1, 0.15) is 22.8 Å². The molecule has 0 fully saturated rings. The first-order chi connectivity index (χ1) is 13.3. The number of benzene rings is 2. The molecule has 0 spiro atoms. The minimum absolute atomic E-state index is 0.0935. The number of carboxylic acid groups (broad SMARTS) is 1. The van der Waals surface area contributed by atoms with Gasteiger partial charge in [0.05, 0.1) is 36.1 Å². The van der Waals surface area contributed by atoms with E-state index in [4.69, 9.17) is 9.47 Å². The van der Waals surface area contributed by atoms with Crippen LogP contribution >= 0.6 is 0 Å². The van der Waals surface area contributed by atoms with E-state index >= 15 is 0 Å². The summed E-state index contributed by atoms with van der Waals surface area (Å²) in [7, 11) is 1.41. The standard InChI is InChI=1S/C20H16F3NO4/c1-3-28-18-9-12-13(19(25)26)8-15(24-16(12)10-17(18)27-2)11-6-4-5-7-14(11)20(21,22)23/h4-10H,3H2,1-2H3,(H,25,26). The molecule has 1 aromatic heterocycles. The summed E-state index contributed by atoms with van der Waals surface area (Å²) in [4.78, 5) is 16.1. The number of methoxy groups -OCH3 is 1. The summed E-state index contributed by atoms with van der Waals surface area (Å²) in [5.41, 5.74) is -1.18. The number of nitrogens with zero attached hydrogens (tertiary/aromatic N) is 1. The fourth-order valence-corrected chi connectivity index (χ4v) is 2.93. The van der Waals surface area contributed by atoms with E-state index in [-0.39, 0.29) is 27.7 Å². The monoisotopic (exact) mass is 391 g/mol. The topological polar surface area (TPSA) is 68.7 Å². The molecule has 1 N–H and O–H groups in total. The molecule has 1 heterocycles. The second-order valence-corrected chi connectivity index (χ2v) is 5.86. The van der Waals surface area contributed by atoms with Gasteiger partial charge in [-0.05, 0) is 25.1 Å². The molecule has 0 aliphatic carbocycles. The van der Waals surface area contributed by atoms with Crippen molar-refractivity contribution in [3.05, 3.63) is 53.6 Å². The van der Waals surface area contributed by atoms with Crippen molar-refractivity contribution in [1.29, 1.82) is 0 Å². The molecule has 28 heavy (non-hydrogen) atoms. The van der Waals surface area contributed by atoms with Gasteiger partial charge in [-0.1, -0.05) is 18.2 Å². The highest BCUT2D eigenvalue weighted by Gasteiger charge is 2.34. The first kappa shape index (κ1) is 19.5. The first-order valence-electron chi connectivity index (χ1n) is 8.31. The summed E-state index contributed by atoms with van der Waals surface area (Å²) >= 11 is 0. The summed E-state index contributed by atoms with van der Waals surface area (Å²) in [5.74, 6) is -0.657. The summed E-state index contributed by atoms with van der Waals surface area (Å²) in [6.07, 6.45) is -4.60. The minimum Gasteiger partial charge on any atom is -0.493 e. The number of ether oxygens (including phenoxy) is 2. The van der Waals surface area contributed by atoms with Crippen LogP contribution in [0.5, 0.6) is 11.5 Å². The molecule has 0 atom stereocenters. The van der Waals surface area contributed by atoms with Crippen molar-refractivity contribution in [3.8, 4) is 22.8 Å². The lowest BCUT2D eigenvalue weighted by molar-refractivity contribution is -0.137. The van der Waals surface area contributed by atoms with Crippen LogP contribution in [0.15, 0.2) is 42.5 Å². The van der Waals surface area contributed by atoms with Gasteiger partial charge in [0.25, 0.3) is 0 Å². The molecule has 8 heteroatoms. The van der Waals surface area contributed by atoms with Crippen molar-refractivity contribution in [2.75, 3.05) is 13.7 Å². The van der Waals surface area contributed by atoms with E-state index in [2.05, 4.69) is 4.98 Å². The van der Waals surface area contributed by atoms with Gasteiger partial charge in [0.15, 0.2) is 11.5 Å². The molecule has 3 aromatic rings. The summed E-state index contributed by atoms with van der Waals surface area (Å²) in [6, 6.07) is 8.95. The van der Waals surface area contributed by atoms with E-state index in [9.17, 15) is 23.1 Å². The molecule has 146 valence electrons. The van der Waals surface area contributed by atoms with Gasteiger partial charge >= 0.3 is 12.1 Å². The number of aromatic nitrogens is 1. The Morgan fingerprint density at radius 3 is 2.46 bits per heavy atom. The molecule has 0 saturated heterocycles. The van der Waals surface area contributed by atoms with Crippen molar-refractivity contribution in [3.63, 3.8) is 0 Å². The lowest BCUT2D eigenvalue weighted by atomic mass is 9.99. The second-order valence-electron chi connectivity index (χ2n) is 5.86. The number of pyridine rings is 1. The number of fused-ring (bicyclic) bond motifs is 1. The van der Waals surface area contributed by atoms with Gasteiger partial charge in [-0.3, -0.25) is 0 Å². The highest BCUT2D eigenvalue weighted by molar-refractivity contribution is 6.04. The normalized spacial score (nSPS) is 11.5. The van der Waals surface area contributed by atoms with Gasteiger partial charge in [-0.2, -0.15) is 13.2 Å². The summed E-state index contributed by atoms with van der Waals surface area (Å²) < 4.78 is 50.8. The minimum atomic E-state index is -4.60. The maximum Gasteiger partial charge on any atom is 0.417 e. The fourth-order valence-electron chi connectivity index (χ4n) is 2.93. The Hall–Kier alpha value is -3.29. The van der Waals surface area contributed by atoms with Crippen molar-refractivity contribution < 1.29 is 32.5 Å². The zero-order valence-electron chi connectivity index (χ0n) is 15.0. The van der Waals surface area contributed by atoms with Gasteiger partial charge < -0.3 is 14.6 Å². The Balaban J connectivity index is 2.33. The van der Waals surface area contributed by atoms with Gasteiger partial charge in [0.1, 0.15) is 0 Å². The highest BCUT2D eigenvalue weighted by Crippen LogP contribution is 2.39. The maximum atomic E-state index is 13.4. The van der Waals surface area contributed by atoms with Crippen LogP contribution in [0, 0.1) is 0 Å². The van der Waals surface area contributed by atoms with Crippen molar-refractivity contribution in [1.82, 2.24) is 4.98 Å².